The van der Waals surface area contributed by atoms with Crippen LogP contribution in [-0.4, -0.2) is 46.3 Å². The quantitative estimate of drug-likeness (QED) is 0.583. The van der Waals surface area contributed by atoms with Crippen LogP contribution in [-0.2, 0) is 11.3 Å². The Bertz CT molecular complexity index is 939. The van der Waals surface area contributed by atoms with Gasteiger partial charge in [0.15, 0.2) is 0 Å². The lowest BCUT2D eigenvalue weighted by atomic mass is 10.0. The number of amides is 1. The van der Waals surface area contributed by atoms with Gasteiger partial charge < -0.3 is 14.4 Å². The summed E-state index contributed by atoms with van der Waals surface area (Å²) < 4.78 is 12.6. The molecule has 1 heterocycles. The summed E-state index contributed by atoms with van der Waals surface area (Å²) in [5.41, 5.74) is 3.42. The van der Waals surface area contributed by atoms with Crippen molar-refractivity contribution in [3.05, 3.63) is 71.8 Å². The third-order valence-corrected chi connectivity index (χ3v) is 4.95. The van der Waals surface area contributed by atoms with Crippen LogP contribution in [0, 0.1) is 0 Å². The van der Waals surface area contributed by atoms with E-state index in [4.69, 9.17) is 9.47 Å². The van der Waals surface area contributed by atoms with Crippen molar-refractivity contribution in [3.8, 4) is 11.4 Å². The zero-order chi connectivity index (χ0) is 20.8. The standard InChI is InChI=1S/C22H26N4O3/c1-5-29-13-19-12-18(8-11-21(19)28-4)22(27)25(3)16(2)17-6-9-20(10-7-17)26-15-23-14-24-26/h6-12,14-16H,5,13H2,1-4H3/t16-/m0/s1. The van der Waals surface area contributed by atoms with E-state index in [0.29, 0.717) is 18.8 Å². The molecule has 0 aliphatic heterocycles. The van der Waals surface area contributed by atoms with Crippen molar-refractivity contribution in [2.75, 3.05) is 20.8 Å². The minimum atomic E-state index is -0.0928. The SMILES string of the molecule is CCOCc1cc(C(=O)N(C)[C@@H](C)c2ccc(-n3cncn3)cc2)ccc1OC. The van der Waals surface area contributed by atoms with E-state index in [9.17, 15) is 4.79 Å². The molecule has 152 valence electrons. The van der Waals surface area contributed by atoms with Gasteiger partial charge in [-0.25, -0.2) is 9.67 Å². The summed E-state index contributed by atoms with van der Waals surface area (Å²) >= 11 is 0. The Kier molecular flexibility index (Phi) is 6.61. The Hall–Kier alpha value is -3.19. The van der Waals surface area contributed by atoms with Crippen LogP contribution in [0.5, 0.6) is 5.75 Å². The first-order chi connectivity index (χ1) is 14.0. The number of ether oxygens (including phenoxy) is 2. The highest BCUT2D eigenvalue weighted by molar-refractivity contribution is 5.94. The third-order valence-electron chi connectivity index (χ3n) is 4.95. The predicted octanol–water partition coefficient (Wildman–Crippen LogP) is 3.65. The van der Waals surface area contributed by atoms with Gasteiger partial charge in [0.05, 0.1) is 25.4 Å². The zero-order valence-corrected chi connectivity index (χ0v) is 17.2. The number of hydrogen-bond donors (Lipinski definition) is 0. The molecular weight excluding hydrogens is 368 g/mol. The maximum atomic E-state index is 13.1. The van der Waals surface area contributed by atoms with Gasteiger partial charge >= 0.3 is 0 Å². The van der Waals surface area contributed by atoms with Gasteiger partial charge in [-0.1, -0.05) is 12.1 Å². The van der Waals surface area contributed by atoms with Gasteiger partial charge in [-0.2, -0.15) is 5.10 Å². The molecule has 0 saturated carbocycles. The lowest BCUT2D eigenvalue weighted by molar-refractivity contribution is 0.0742. The van der Waals surface area contributed by atoms with E-state index in [1.165, 1.54) is 6.33 Å². The molecule has 0 aliphatic rings. The fourth-order valence-electron chi connectivity index (χ4n) is 3.09. The summed E-state index contributed by atoms with van der Waals surface area (Å²) in [7, 11) is 3.42. The minimum absolute atomic E-state index is 0.0572. The van der Waals surface area contributed by atoms with Crippen LogP contribution in [0.4, 0.5) is 0 Å². The number of carbonyl (C=O) groups excluding carboxylic acids is 1. The van der Waals surface area contributed by atoms with Crippen LogP contribution < -0.4 is 4.74 Å². The Labute approximate surface area is 170 Å². The normalized spacial score (nSPS) is 11.9. The fourth-order valence-corrected chi connectivity index (χ4v) is 3.09. The Morgan fingerprint density at radius 2 is 1.97 bits per heavy atom. The molecule has 1 atom stereocenters. The van der Waals surface area contributed by atoms with Crippen molar-refractivity contribution in [2.45, 2.75) is 26.5 Å². The van der Waals surface area contributed by atoms with Gasteiger partial charge in [-0.15, -0.1) is 0 Å². The molecule has 7 nitrogen and oxygen atoms in total. The van der Waals surface area contributed by atoms with E-state index in [1.807, 2.05) is 57.3 Å². The van der Waals surface area contributed by atoms with E-state index < -0.39 is 0 Å². The molecule has 0 unspecified atom stereocenters. The first-order valence-electron chi connectivity index (χ1n) is 9.52. The summed E-state index contributed by atoms with van der Waals surface area (Å²) in [5.74, 6) is 0.660. The summed E-state index contributed by atoms with van der Waals surface area (Å²) in [4.78, 5) is 18.8. The molecule has 3 aromatic rings. The number of carbonyl (C=O) groups is 1. The molecule has 0 radical (unpaired) electrons. The van der Waals surface area contributed by atoms with Crippen molar-refractivity contribution in [2.24, 2.45) is 0 Å². The van der Waals surface area contributed by atoms with E-state index in [-0.39, 0.29) is 11.9 Å². The van der Waals surface area contributed by atoms with Crippen molar-refractivity contribution in [1.29, 1.82) is 0 Å². The highest BCUT2D eigenvalue weighted by atomic mass is 16.5. The van der Waals surface area contributed by atoms with E-state index >= 15 is 0 Å². The molecule has 0 saturated heterocycles. The summed E-state index contributed by atoms with van der Waals surface area (Å²) in [6.45, 7) is 4.95. The van der Waals surface area contributed by atoms with Crippen molar-refractivity contribution in [1.82, 2.24) is 19.7 Å². The summed E-state index contributed by atoms with van der Waals surface area (Å²) in [5, 5.41) is 4.13. The van der Waals surface area contributed by atoms with Gasteiger partial charge in [0.2, 0.25) is 0 Å². The molecule has 3 rings (SSSR count). The van der Waals surface area contributed by atoms with Crippen molar-refractivity contribution in [3.63, 3.8) is 0 Å². The molecule has 2 aromatic carbocycles. The first kappa shape index (κ1) is 20.5. The number of nitrogens with zero attached hydrogens (tertiary/aromatic N) is 4. The van der Waals surface area contributed by atoms with Gasteiger partial charge in [-0.05, 0) is 49.7 Å². The van der Waals surface area contributed by atoms with Crippen LogP contribution in [0.3, 0.4) is 0 Å². The minimum Gasteiger partial charge on any atom is -0.496 e. The third kappa shape index (κ3) is 4.63. The molecule has 0 N–H and O–H groups in total. The molecular formula is C22H26N4O3. The van der Waals surface area contributed by atoms with Crippen LogP contribution in [0.25, 0.3) is 5.69 Å². The second-order valence-corrected chi connectivity index (χ2v) is 6.69. The van der Waals surface area contributed by atoms with Crippen molar-refractivity contribution >= 4 is 5.91 Å². The number of methoxy groups -OCH3 is 1. The lowest BCUT2D eigenvalue weighted by Gasteiger charge is -2.26. The predicted molar refractivity (Wildman–Crippen MR) is 110 cm³/mol. The fraction of sp³-hybridized carbons (Fsp3) is 0.318. The highest BCUT2D eigenvalue weighted by Gasteiger charge is 2.20. The maximum Gasteiger partial charge on any atom is 0.254 e. The largest absolute Gasteiger partial charge is 0.496 e. The molecule has 0 fully saturated rings. The van der Waals surface area contributed by atoms with Gasteiger partial charge in [0.25, 0.3) is 5.91 Å². The van der Waals surface area contributed by atoms with Gasteiger partial charge in [0, 0.05) is 24.8 Å². The van der Waals surface area contributed by atoms with Crippen LogP contribution in [0.1, 0.15) is 41.4 Å². The summed E-state index contributed by atoms with van der Waals surface area (Å²) in [6.07, 6.45) is 3.15. The lowest BCUT2D eigenvalue weighted by Crippen LogP contribution is -2.29. The van der Waals surface area contributed by atoms with Crippen molar-refractivity contribution < 1.29 is 14.3 Å². The first-order valence-corrected chi connectivity index (χ1v) is 9.52. The average Bonchev–Trinajstić information content (AvgIpc) is 3.31. The molecule has 29 heavy (non-hydrogen) atoms. The Balaban J connectivity index is 1.76. The Morgan fingerprint density at radius 3 is 2.59 bits per heavy atom. The van der Waals surface area contributed by atoms with E-state index in [0.717, 1.165) is 22.6 Å². The average molecular weight is 394 g/mol. The monoisotopic (exact) mass is 394 g/mol. The van der Waals surface area contributed by atoms with Gasteiger partial charge in [0.1, 0.15) is 18.4 Å². The number of hydrogen-bond acceptors (Lipinski definition) is 5. The van der Waals surface area contributed by atoms with Crippen LogP contribution >= 0.6 is 0 Å². The molecule has 7 heteroatoms. The topological polar surface area (TPSA) is 69.5 Å². The number of aromatic nitrogens is 3. The number of benzene rings is 2. The Morgan fingerprint density at radius 1 is 1.21 bits per heavy atom. The van der Waals surface area contributed by atoms with E-state index in [2.05, 4.69) is 10.1 Å². The zero-order valence-electron chi connectivity index (χ0n) is 17.2. The summed E-state index contributed by atoms with van der Waals surface area (Å²) in [6, 6.07) is 13.3. The molecule has 0 bridgehead atoms. The number of rotatable bonds is 8. The maximum absolute atomic E-state index is 13.1. The smallest absolute Gasteiger partial charge is 0.254 e. The second kappa shape index (κ2) is 9.34. The molecule has 0 aliphatic carbocycles. The van der Waals surface area contributed by atoms with Crippen LogP contribution in [0.2, 0.25) is 0 Å². The van der Waals surface area contributed by atoms with Gasteiger partial charge in [-0.3, -0.25) is 4.79 Å². The van der Waals surface area contributed by atoms with E-state index in [1.54, 1.807) is 29.1 Å². The highest BCUT2D eigenvalue weighted by Crippen LogP contribution is 2.25. The molecule has 0 spiro atoms. The molecule has 1 amide bonds. The second-order valence-electron chi connectivity index (χ2n) is 6.69. The van der Waals surface area contributed by atoms with Crippen LogP contribution in [0.15, 0.2) is 55.1 Å². The molecule has 1 aromatic heterocycles.